The molecule has 0 bridgehead atoms. The van der Waals surface area contributed by atoms with Crippen molar-refractivity contribution in [2.45, 2.75) is 18.2 Å². The first kappa shape index (κ1) is 22.6. The number of benzene rings is 2. The zero-order valence-electron chi connectivity index (χ0n) is 18.1. The first-order valence-corrected chi connectivity index (χ1v) is 11.7. The van der Waals surface area contributed by atoms with Gasteiger partial charge in [0.25, 0.3) is 11.5 Å². The molecule has 0 saturated carbocycles. The van der Waals surface area contributed by atoms with E-state index in [1.807, 2.05) is 32.0 Å². The largest absolute Gasteiger partial charge is 0.325 e. The van der Waals surface area contributed by atoms with E-state index in [1.165, 1.54) is 18.8 Å². The van der Waals surface area contributed by atoms with Gasteiger partial charge in [-0.05, 0) is 31.5 Å². The molecule has 2 aromatic heterocycles. The zero-order valence-corrected chi connectivity index (χ0v) is 19.7. The Labute approximate surface area is 197 Å². The first-order valence-electron chi connectivity index (χ1n) is 9.92. The van der Waals surface area contributed by atoms with Crippen LogP contribution in [0.2, 0.25) is 0 Å². The van der Waals surface area contributed by atoms with Crippen molar-refractivity contribution in [3.05, 3.63) is 69.6 Å². The fourth-order valence-corrected chi connectivity index (χ4v) is 4.76. The number of rotatable bonds is 6. The van der Waals surface area contributed by atoms with E-state index >= 15 is 0 Å². The van der Waals surface area contributed by atoms with Gasteiger partial charge in [-0.15, -0.1) is 10.2 Å². The standard InChI is InChI=1S/C22H20N6O3S2/c1-12-8-9-16(13(2)10-12)23-17(29)11-32-22-26-25-21(33-22)24-19(30)18-14-6-4-5-7-15(14)20(31)28(3)27-18/h4-10H,11H2,1-3H3,(H,23,29)(H,24,25,30). The Kier molecular flexibility index (Phi) is 6.52. The van der Waals surface area contributed by atoms with Crippen LogP contribution in [0.4, 0.5) is 10.8 Å². The van der Waals surface area contributed by atoms with Crippen molar-refractivity contribution < 1.29 is 9.59 Å². The Balaban J connectivity index is 1.40. The van der Waals surface area contributed by atoms with Crippen LogP contribution in [-0.2, 0) is 11.8 Å². The van der Waals surface area contributed by atoms with Crippen molar-refractivity contribution in [1.29, 1.82) is 0 Å². The molecule has 168 valence electrons. The number of amides is 2. The van der Waals surface area contributed by atoms with E-state index in [9.17, 15) is 14.4 Å². The normalized spacial score (nSPS) is 10.9. The average molecular weight is 481 g/mol. The second-order valence-corrected chi connectivity index (χ2v) is 9.51. The van der Waals surface area contributed by atoms with Crippen LogP contribution in [0.15, 0.2) is 51.6 Å². The molecular weight excluding hydrogens is 460 g/mol. The van der Waals surface area contributed by atoms with Crippen LogP contribution in [0.3, 0.4) is 0 Å². The number of carbonyl (C=O) groups is 2. The average Bonchev–Trinajstić information content (AvgIpc) is 3.24. The Morgan fingerprint density at radius 2 is 1.82 bits per heavy atom. The highest BCUT2D eigenvalue weighted by atomic mass is 32.2. The molecule has 0 atom stereocenters. The zero-order chi connectivity index (χ0) is 23.5. The van der Waals surface area contributed by atoms with Crippen molar-refractivity contribution in [1.82, 2.24) is 20.0 Å². The number of thioether (sulfide) groups is 1. The maximum absolute atomic E-state index is 12.8. The van der Waals surface area contributed by atoms with Crippen LogP contribution in [-0.4, -0.2) is 37.5 Å². The molecule has 0 spiro atoms. The van der Waals surface area contributed by atoms with Crippen molar-refractivity contribution in [2.24, 2.45) is 7.05 Å². The number of fused-ring (bicyclic) bond motifs is 1. The molecule has 0 fully saturated rings. The number of aryl methyl sites for hydroxylation is 3. The number of aromatic nitrogens is 4. The molecular formula is C22H20N6O3S2. The van der Waals surface area contributed by atoms with E-state index in [1.54, 1.807) is 24.3 Å². The maximum Gasteiger partial charge on any atom is 0.278 e. The SMILES string of the molecule is Cc1ccc(NC(=O)CSc2nnc(NC(=O)c3nn(C)c(=O)c4ccccc34)s2)c(C)c1. The molecule has 0 aliphatic heterocycles. The number of hydrogen-bond acceptors (Lipinski definition) is 8. The van der Waals surface area contributed by atoms with Crippen molar-refractivity contribution >= 4 is 56.5 Å². The van der Waals surface area contributed by atoms with Gasteiger partial charge in [-0.3, -0.25) is 19.7 Å². The van der Waals surface area contributed by atoms with Crippen LogP contribution >= 0.6 is 23.1 Å². The fraction of sp³-hybridized carbons (Fsp3) is 0.182. The predicted octanol–water partition coefficient (Wildman–Crippen LogP) is 3.38. The van der Waals surface area contributed by atoms with Gasteiger partial charge in [0.2, 0.25) is 11.0 Å². The second-order valence-electron chi connectivity index (χ2n) is 7.31. The highest BCUT2D eigenvalue weighted by Crippen LogP contribution is 2.26. The predicted molar refractivity (Wildman–Crippen MR) is 130 cm³/mol. The van der Waals surface area contributed by atoms with Crippen LogP contribution in [0.1, 0.15) is 21.6 Å². The minimum atomic E-state index is -0.498. The maximum atomic E-state index is 12.8. The van der Waals surface area contributed by atoms with Crippen molar-refractivity contribution in [3.8, 4) is 0 Å². The Hall–Kier alpha value is -3.57. The summed E-state index contributed by atoms with van der Waals surface area (Å²) in [4.78, 5) is 37.4. The van der Waals surface area contributed by atoms with Gasteiger partial charge in [0.15, 0.2) is 10.0 Å². The minimum Gasteiger partial charge on any atom is -0.325 e. The third-order valence-electron chi connectivity index (χ3n) is 4.78. The van der Waals surface area contributed by atoms with Crippen LogP contribution < -0.4 is 16.2 Å². The summed E-state index contributed by atoms with van der Waals surface area (Å²) in [6, 6.07) is 12.6. The summed E-state index contributed by atoms with van der Waals surface area (Å²) in [6.45, 7) is 3.94. The Bertz CT molecular complexity index is 1430. The molecule has 0 saturated heterocycles. The van der Waals surface area contributed by atoms with Gasteiger partial charge in [-0.25, -0.2) is 4.68 Å². The lowest BCUT2D eigenvalue weighted by atomic mass is 10.1. The summed E-state index contributed by atoms with van der Waals surface area (Å²) in [5.41, 5.74) is 2.73. The summed E-state index contributed by atoms with van der Waals surface area (Å²) >= 11 is 2.38. The molecule has 0 radical (unpaired) electrons. The lowest BCUT2D eigenvalue weighted by Crippen LogP contribution is -2.25. The fourth-order valence-electron chi connectivity index (χ4n) is 3.21. The minimum absolute atomic E-state index is 0.116. The molecule has 33 heavy (non-hydrogen) atoms. The molecule has 2 aromatic carbocycles. The molecule has 2 heterocycles. The van der Waals surface area contributed by atoms with Crippen molar-refractivity contribution in [2.75, 3.05) is 16.4 Å². The molecule has 2 N–H and O–H groups in total. The molecule has 0 aliphatic rings. The van der Waals surface area contributed by atoms with E-state index in [4.69, 9.17) is 0 Å². The second kappa shape index (κ2) is 9.51. The summed E-state index contributed by atoms with van der Waals surface area (Å²) in [6.07, 6.45) is 0. The number of nitrogens with one attached hydrogen (secondary N) is 2. The molecule has 4 aromatic rings. The lowest BCUT2D eigenvalue weighted by molar-refractivity contribution is -0.113. The van der Waals surface area contributed by atoms with Gasteiger partial charge in [0.1, 0.15) is 0 Å². The van der Waals surface area contributed by atoms with Gasteiger partial charge in [0.05, 0.1) is 11.1 Å². The van der Waals surface area contributed by atoms with Gasteiger partial charge in [0, 0.05) is 18.1 Å². The molecule has 11 heteroatoms. The van der Waals surface area contributed by atoms with Gasteiger partial charge in [-0.1, -0.05) is 59.0 Å². The lowest BCUT2D eigenvalue weighted by Gasteiger charge is -2.08. The van der Waals surface area contributed by atoms with Gasteiger partial charge >= 0.3 is 0 Å². The van der Waals surface area contributed by atoms with E-state index in [-0.39, 0.29) is 28.0 Å². The number of carbonyl (C=O) groups excluding carboxylic acids is 2. The summed E-state index contributed by atoms with van der Waals surface area (Å²) in [5.74, 6) is -0.501. The van der Waals surface area contributed by atoms with Crippen LogP contribution in [0, 0.1) is 13.8 Å². The van der Waals surface area contributed by atoms with Crippen LogP contribution in [0.25, 0.3) is 10.8 Å². The summed E-state index contributed by atoms with van der Waals surface area (Å²) in [7, 11) is 1.49. The highest BCUT2D eigenvalue weighted by molar-refractivity contribution is 8.01. The van der Waals surface area contributed by atoms with Gasteiger partial charge < -0.3 is 5.32 Å². The number of hydrogen-bond donors (Lipinski definition) is 2. The van der Waals surface area contributed by atoms with Crippen LogP contribution in [0.5, 0.6) is 0 Å². The number of nitrogens with zero attached hydrogens (tertiary/aromatic N) is 4. The van der Waals surface area contributed by atoms with Crippen molar-refractivity contribution in [3.63, 3.8) is 0 Å². The molecule has 0 unspecified atom stereocenters. The third-order valence-corrected chi connectivity index (χ3v) is 6.75. The monoisotopic (exact) mass is 480 g/mol. The topological polar surface area (TPSA) is 119 Å². The van der Waals surface area contributed by atoms with Gasteiger partial charge in [-0.2, -0.15) is 5.10 Å². The van der Waals surface area contributed by atoms with E-state index in [0.29, 0.717) is 15.1 Å². The quantitative estimate of drug-likeness (QED) is 0.321. The first-order chi connectivity index (χ1) is 15.8. The highest BCUT2D eigenvalue weighted by Gasteiger charge is 2.18. The number of anilines is 2. The summed E-state index contributed by atoms with van der Waals surface area (Å²) < 4.78 is 1.67. The molecule has 0 aliphatic carbocycles. The Morgan fingerprint density at radius 1 is 1.06 bits per heavy atom. The van der Waals surface area contributed by atoms with E-state index < -0.39 is 5.91 Å². The molecule has 9 nitrogen and oxygen atoms in total. The molecule has 2 amide bonds. The molecule has 4 rings (SSSR count). The Morgan fingerprint density at radius 3 is 2.58 bits per heavy atom. The van der Waals surface area contributed by atoms with E-state index in [2.05, 4.69) is 25.9 Å². The third kappa shape index (κ3) is 5.10. The summed E-state index contributed by atoms with van der Waals surface area (Å²) in [5, 5.41) is 18.8. The smallest absolute Gasteiger partial charge is 0.278 e. The van der Waals surface area contributed by atoms with E-state index in [0.717, 1.165) is 32.8 Å².